The molecule has 0 saturated carbocycles. The Hall–Kier alpha value is -2.45. The summed E-state index contributed by atoms with van der Waals surface area (Å²) >= 11 is 18.9. The van der Waals surface area contributed by atoms with E-state index in [2.05, 4.69) is 20.2 Å². The van der Waals surface area contributed by atoms with Crippen LogP contribution in [-0.2, 0) is 13.1 Å². The molecule has 3 heterocycles. The topological polar surface area (TPSA) is 67.7 Å². The lowest BCUT2D eigenvalue weighted by Gasteiger charge is -2.15. The number of aromatic nitrogens is 4. The van der Waals surface area contributed by atoms with E-state index in [1.807, 2.05) is 6.07 Å². The first-order valence-electron chi connectivity index (χ1n) is 10.6. The maximum absolute atomic E-state index is 13.4. The van der Waals surface area contributed by atoms with E-state index >= 15 is 0 Å². The van der Waals surface area contributed by atoms with Crippen molar-refractivity contribution in [1.82, 2.24) is 24.8 Å². The number of anilines is 1. The van der Waals surface area contributed by atoms with Gasteiger partial charge < -0.3 is 15.2 Å². The predicted octanol–water partition coefficient (Wildman–Crippen LogP) is 5.81. The van der Waals surface area contributed by atoms with Crippen molar-refractivity contribution in [2.45, 2.75) is 19.5 Å². The van der Waals surface area contributed by atoms with Crippen LogP contribution in [0.2, 0.25) is 15.1 Å². The molecule has 0 amide bonds. The standard InChI is InChI=1S/C23H20Cl3FN6/c24-15-2-1-3-16(25)20(15)22-31-19-11-30-23(29-10-13-4-5-18(27)17(26)8-13)32-21(19)33(22)12-14-6-7-28-9-14/h1-5,8,11,14,28H,6-7,9-10,12H2,(H,29,30,32)/t14-/m0/s1. The predicted molar refractivity (Wildman–Crippen MR) is 130 cm³/mol. The van der Waals surface area contributed by atoms with Gasteiger partial charge in [-0.2, -0.15) is 4.98 Å². The van der Waals surface area contributed by atoms with Crippen LogP contribution in [0.1, 0.15) is 12.0 Å². The highest BCUT2D eigenvalue weighted by molar-refractivity contribution is 6.39. The number of rotatable bonds is 6. The number of hydrogen-bond acceptors (Lipinski definition) is 5. The second kappa shape index (κ2) is 9.43. The van der Waals surface area contributed by atoms with Crippen LogP contribution >= 0.6 is 34.8 Å². The zero-order valence-corrected chi connectivity index (χ0v) is 19.7. The molecule has 6 nitrogen and oxygen atoms in total. The van der Waals surface area contributed by atoms with E-state index in [0.717, 1.165) is 31.6 Å². The molecule has 2 aromatic heterocycles. The summed E-state index contributed by atoms with van der Waals surface area (Å²) in [5.74, 6) is 1.10. The van der Waals surface area contributed by atoms with Gasteiger partial charge in [0.15, 0.2) is 5.65 Å². The lowest BCUT2D eigenvalue weighted by Crippen LogP contribution is -2.16. The molecule has 0 aliphatic carbocycles. The van der Waals surface area contributed by atoms with Crippen LogP contribution in [-0.4, -0.2) is 32.6 Å². The van der Waals surface area contributed by atoms with Crippen LogP contribution in [0.4, 0.5) is 10.3 Å². The average molecular weight is 506 g/mol. The Morgan fingerprint density at radius 2 is 1.91 bits per heavy atom. The van der Waals surface area contributed by atoms with Crippen molar-refractivity contribution in [1.29, 1.82) is 0 Å². The van der Waals surface area contributed by atoms with Gasteiger partial charge in [0.25, 0.3) is 0 Å². The first kappa shape index (κ1) is 22.3. The number of nitrogens with zero attached hydrogens (tertiary/aromatic N) is 4. The van der Waals surface area contributed by atoms with E-state index in [1.165, 1.54) is 6.07 Å². The lowest BCUT2D eigenvalue weighted by atomic mass is 10.1. The SMILES string of the molecule is Fc1ccc(CNc2ncc3nc(-c4c(Cl)cccc4Cl)n(C[C@H]4CCNC4)c3n2)cc1Cl. The molecule has 1 saturated heterocycles. The molecule has 10 heteroatoms. The van der Waals surface area contributed by atoms with Gasteiger partial charge in [0.2, 0.25) is 5.95 Å². The Bertz CT molecular complexity index is 1300. The first-order valence-corrected chi connectivity index (χ1v) is 11.7. The molecule has 2 N–H and O–H groups in total. The van der Waals surface area contributed by atoms with Crippen molar-refractivity contribution in [3.05, 3.63) is 69.0 Å². The van der Waals surface area contributed by atoms with Crippen LogP contribution in [0.3, 0.4) is 0 Å². The number of nitrogens with one attached hydrogen (secondary N) is 2. The van der Waals surface area contributed by atoms with Crippen molar-refractivity contribution >= 4 is 51.9 Å². The summed E-state index contributed by atoms with van der Waals surface area (Å²) in [5.41, 5.74) is 2.85. The smallest absolute Gasteiger partial charge is 0.225 e. The molecular formula is C23H20Cl3FN6. The quantitative estimate of drug-likeness (QED) is 0.346. The van der Waals surface area contributed by atoms with E-state index in [-0.39, 0.29) is 5.02 Å². The molecule has 1 atom stereocenters. The minimum Gasteiger partial charge on any atom is -0.350 e. The van der Waals surface area contributed by atoms with Gasteiger partial charge in [-0.15, -0.1) is 0 Å². The molecule has 4 aromatic rings. The van der Waals surface area contributed by atoms with Crippen molar-refractivity contribution < 1.29 is 4.39 Å². The third-order valence-electron chi connectivity index (χ3n) is 5.71. The highest BCUT2D eigenvalue weighted by Gasteiger charge is 2.23. The zero-order valence-electron chi connectivity index (χ0n) is 17.5. The molecule has 1 aliphatic heterocycles. The number of fused-ring (bicyclic) bond motifs is 1. The Morgan fingerprint density at radius 1 is 1.09 bits per heavy atom. The second-order valence-corrected chi connectivity index (χ2v) is 9.23. The lowest BCUT2D eigenvalue weighted by molar-refractivity contribution is 0.490. The Labute approximate surface area is 205 Å². The maximum atomic E-state index is 13.4. The maximum Gasteiger partial charge on any atom is 0.225 e. The highest BCUT2D eigenvalue weighted by Crippen LogP contribution is 2.36. The van der Waals surface area contributed by atoms with Crippen molar-refractivity contribution in [3.63, 3.8) is 0 Å². The summed E-state index contributed by atoms with van der Waals surface area (Å²) in [6.07, 6.45) is 2.75. The zero-order chi connectivity index (χ0) is 22.9. The van der Waals surface area contributed by atoms with Crippen LogP contribution in [0, 0.1) is 11.7 Å². The summed E-state index contributed by atoms with van der Waals surface area (Å²) in [5, 5.41) is 7.73. The third kappa shape index (κ3) is 4.64. The van der Waals surface area contributed by atoms with Gasteiger partial charge in [-0.1, -0.05) is 46.9 Å². The molecule has 0 unspecified atom stereocenters. The largest absolute Gasteiger partial charge is 0.350 e. The van der Waals surface area contributed by atoms with E-state index < -0.39 is 5.82 Å². The van der Waals surface area contributed by atoms with E-state index in [0.29, 0.717) is 51.0 Å². The number of imidazole rings is 1. The van der Waals surface area contributed by atoms with Gasteiger partial charge in [-0.3, -0.25) is 0 Å². The fraction of sp³-hybridized carbons (Fsp3) is 0.261. The average Bonchev–Trinajstić information content (AvgIpc) is 3.43. The fourth-order valence-corrected chi connectivity index (χ4v) is 4.81. The van der Waals surface area contributed by atoms with E-state index in [4.69, 9.17) is 44.8 Å². The molecule has 0 bridgehead atoms. The monoisotopic (exact) mass is 504 g/mol. The van der Waals surface area contributed by atoms with Gasteiger partial charge in [0.1, 0.15) is 17.2 Å². The fourth-order valence-electron chi connectivity index (χ4n) is 4.04. The minimum absolute atomic E-state index is 0.0789. The van der Waals surface area contributed by atoms with Gasteiger partial charge in [0.05, 0.1) is 26.8 Å². The number of halogens is 4. The van der Waals surface area contributed by atoms with Crippen molar-refractivity contribution in [2.24, 2.45) is 5.92 Å². The van der Waals surface area contributed by atoms with Crippen molar-refractivity contribution in [3.8, 4) is 11.4 Å². The Morgan fingerprint density at radius 3 is 2.64 bits per heavy atom. The molecular weight excluding hydrogens is 486 g/mol. The summed E-state index contributed by atoms with van der Waals surface area (Å²) < 4.78 is 15.5. The minimum atomic E-state index is -0.450. The molecule has 0 radical (unpaired) electrons. The highest BCUT2D eigenvalue weighted by atomic mass is 35.5. The summed E-state index contributed by atoms with van der Waals surface area (Å²) in [7, 11) is 0. The van der Waals surface area contributed by atoms with Crippen LogP contribution in [0.25, 0.3) is 22.6 Å². The van der Waals surface area contributed by atoms with E-state index in [1.54, 1.807) is 30.5 Å². The molecule has 0 spiro atoms. The van der Waals surface area contributed by atoms with Gasteiger partial charge in [-0.05, 0) is 55.3 Å². The summed E-state index contributed by atoms with van der Waals surface area (Å²) in [4.78, 5) is 13.9. The van der Waals surface area contributed by atoms with Gasteiger partial charge in [0, 0.05) is 13.1 Å². The molecule has 33 heavy (non-hydrogen) atoms. The van der Waals surface area contributed by atoms with Gasteiger partial charge >= 0.3 is 0 Å². The van der Waals surface area contributed by atoms with Crippen LogP contribution in [0.15, 0.2) is 42.6 Å². The molecule has 170 valence electrons. The normalized spacial score (nSPS) is 15.9. The molecule has 2 aromatic carbocycles. The summed E-state index contributed by atoms with van der Waals surface area (Å²) in [6.45, 7) is 3.04. The third-order valence-corrected chi connectivity index (χ3v) is 6.63. The Balaban J connectivity index is 1.53. The van der Waals surface area contributed by atoms with Crippen LogP contribution in [0.5, 0.6) is 0 Å². The number of hydrogen-bond donors (Lipinski definition) is 2. The molecule has 1 aliphatic rings. The van der Waals surface area contributed by atoms with E-state index in [9.17, 15) is 4.39 Å². The molecule has 1 fully saturated rings. The van der Waals surface area contributed by atoms with Gasteiger partial charge in [-0.25, -0.2) is 14.4 Å². The Kier molecular flexibility index (Phi) is 6.38. The second-order valence-electron chi connectivity index (χ2n) is 8.01. The summed E-state index contributed by atoms with van der Waals surface area (Å²) in [6, 6.07) is 10.0. The van der Waals surface area contributed by atoms with Crippen molar-refractivity contribution in [2.75, 3.05) is 18.4 Å². The molecule has 5 rings (SSSR count). The van der Waals surface area contributed by atoms with Crippen LogP contribution < -0.4 is 10.6 Å². The first-order chi connectivity index (χ1) is 16.0. The number of benzene rings is 2.